The average Bonchev–Trinajstić information content (AvgIpc) is 3.03. The van der Waals surface area contributed by atoms with E-state index >= 15 is 0 Å². The first-order valence-electron chi connectivity index (χ1n) is 9.96. The maximum absolute atomic E-state index is 13.1. The topological polar surface area (TPSA) is 66.4 Å². The molecule has 0 saturated carbocycles. The molecule has 0 spiro atoms. The van der Waals surface area contributed by atoms with E-state index in [-0.39, 0.29) is 0 Å². The summed E-state index contributed by atoms with van der Waals surface area (Å²) in [5.41, 5.74) is 2.38. The number of nitrogens with zero attached hydrogens (tertiary/aromatic N) is 4. The van der Waals surface area contributed by atoms with Gasteiger partial charge in [-0.05, 0) is 43.5 Å². The first kappa shape index (κ1) is 20.3. The lowest BCUT2D eigenvalue weighted by molar-refractivity contribution is 0.384. The summed E-state index contributed by atoms with van der Waals surface area (Å²) < 4.78 is 27.7. The van der Waals surface area contributed by atoms with Gasteiger partial charge in [0.15, 0.2) is 0 Å². The van der Waals surface area contributed by atoms with Crippen LogP contribution in [0.5, 0.6) is 0 Å². The van der Waals surface area contributed by atoms with Crippen LogP contribution in [0.3, 0.4) is 0 Å². The number of fused-ring (bicyclic) bond motifs is 1. The SMILES string of the molecule is CCCc1ccc(S(=O)(=O)N2CCN(c3ncnc4sc(C)c(C)c34)CC2)cc1. The summed E-state index contributed by atoms with van der Waals surface area (Å²) in [5.74, 6) is 0.915. The Morgan fingerprint density at radius 3 is 2.38 bits per heavy atom. The molecule has 0 bridgehead atoms. The van der Waals surface area contributed by atoms with Crippen molar-refractivity contribution in [3.05, 3.63) is 46.6 Å². The van der Waals surface area contributed by atoms with Crippen LogP contribution in [0.4, 0.5) is 5.82 Å². The second kappa shape index (κ2) is 8.01. The highest BCUT2D eigenvalue weighted by molar-refractivity contribution is 7.89. The standard InChI is InChI=1S/C21H26N4O2S2/c1-4-5-17-6-8-18(9-7-17)29(26,27)25-12-10-24(11-13-25)20-19-15(2)16(3)28-21(19)23-14-22-20/h6-9,14H,4-5,10-13H2,1-3H3. The number of benzene rings is 1. The van der Waals surface area contributed by atoms with Gasteiger partial charge in [0.2, 0.25) is 10.0 Å². The van der Waals surface area contributed by atoms with Gasteiger partial charge >= 0.3 is 0 Å². The van der Waals surface area contributed by atoms with Crippen LogP contribution < -0.4 is 4.90 Å². The van der Waals surface area contributed by atoms with Crippen molar-refractivity contribution in [2.24, 2.45) is 0 Å². The summed E-state index contributed by atoms with van der Waals surface area (Å²) in [7, 11) is -3.47. The zero-order valence-electron chi connectivity index (χ0n) is 17.1. The molecule has 3 aromatic rings. The largest absolute Gasteiger partial charge is 0.353 e. The molecule has 0 aliphatic carbocycles. The van der Waals surface area contributed by atoms with Gasteiger partial charge in [-0.15, -0.1) is 11.3 Å². The molecule has 1 saturated heterocycles. The number of rotatable bonds is 5. The van der Waals surface area contributed by atoms with Crippen LogP contribution in [0.2, 0.25) is 0 Å². The fourth-order valence-electron chi connectivity index (χ4n) is 3.81. The number of anilines is 1. The molecule has 0 radical (unpaired) electrons. The van der Waals surface area contributed by atoms with Crippen LogP contribution >= 0.6 is 11.3 Å². The van der Waals surface area contributed by atoms with E-state index in [0.29, 0.717) is 31.1 Å². The second-order valence-electron chi connectivity index (χ2n) is 7.45. The molecule has 3 heterocycles. The van der Waals surface area contributed by atoms with Crippen LogP contribution in [0.15, 0.2) is 35.5 Å². The predicted octanol–water partition coefficient (Wildman–Crippen LogP) is 3.77. The first-order valence-corrected chi connectivity index (χ1v) is 12.2. The molecule has 1 aliphatic heterocycles. The van der Waals surface area contributed by atoms with Crippen LogP contribution in [0, 0.1) is 13.8 Å². The normalized spacial score (nSPS) is 15.9. The fraction of sp³-hybridized carbons (Fsp3) is 0.429. The van der Waals surface area contributed by atoms with Crippen molar-refractivity contribution >= 4 is 37.4 Å². The molecule has 8 heteroatoms. The van der Waals surface area contributed by atoms with Gasteiger partial charge in [-0.25, -0.2) is 18.4 Å². The number of aromatic nitrogens is 2. The third kappa shape index (κ3) is 3.76. The lowest BCUT2D eigenvalue weighted by Gasteiger charge is -2.35. The molecule has 2 aromatic heterocycles. The Bertz CT molecular complexity index is 1120. The van der Waals surface area contributed by atoms with Crippen LogP contribution in [-0.4, -0.2) is 48.9 Å². The average molecular weight is 431 g/mol. The Balaban J connectivity index is 1.52. The summed E-state index contributed by atoms with van der Waals surface area (Å²) in [6.07, 6.45) is 3.62. The summed E-state index contributed by atoms with van der Waals surface area (Å²) in [6, 6.07) is 7.31. The molecule has 0 atom stereocenters. The number of hydrogen-bond acceptors (Lipinski definition) is 6. The highest BCUT2D eigenvalue weighted by atomic mass is 32.2. The molecule has 154 valence electrons. The lowest BCUT2D eigenvalue weighted by atomic mass is 10.1. The molecular formula is C21H26N4O2S2. The van der Waals surface area contributed by atoms with Gasteiger partial charge < -0.3 is 4.90 Å². The van der Waals surface area contributed by atoms with Gasteiger partial charge in [0.1, 0.15) is 17.0 Å². The Morgan fingerprint density at radius 1 is 1.03 bits per heavy atom. The molecule has 0 amide bonds. The van der Waals surface area contributed by atoms with E-state index in [1.54, 1.807) is 34.1 Å². The third-order valence-corrected chi connectivity index (χ3v) is 8.61. The smallest absolute Gasteiger partial charge is 0.243 e. The van der Waals surface area contributed by atoms with Crippen LogP contribution in [0.1, 0.15) is 29.3 Å². The number of aryl methyl sites for hydroxylation is 3. The number of piperazine rings is 1. The molecule has 0 N–H and O–H groups in total. The number of thiophene rings is 1. The van der Waals surface area contributed by atoms with E-state index in [1.807, 2.05) is 12.1 Å². The minimum absolute atomic E-state index is 0.375. The van der Waals surface area contributed by atoms with Gasteiger partial charge in [0.05, 0.1) is 10.3 Å². The van der Waals surface area contributed by atoms with Crippen molar-refractivity contribution in [3.8, 4) is 0 Å². The van der Waals surface area contributed by atoms with Crippen LogP contribution in [-0.2, 0) is 16.4 Å². The van der Waals surface area contributed by atoms with Gasteiger partial charge in [-0.1, -0.05) is 25.5 Å². The molecule has 1 fully saturated rings. The minimum atomic E-state index is -3.47. The molecule has 4 rings (SSSR count). The van der Waals surface area contributed by atoms with Gasteiger partial charge in [-0.2, -0.15) is 4.31 Å². The van der Waals surface area contributed by atoms with Crippen molar-refractivity contribution in [2.75, 3.05) is 31.1 Å². The summed E-state index contributed by atoms with van der Waals surface area (Å²) in [4.78, 5) is 13.7. The third-order valence-electron chi connectivity index (χ3n) is 5.58. The predicted molar refractivity (Wildman–Crippen MR) is 118 cm³/mol. The number of sulfonamides is 1. The molecule has 1 aliphatic rings. The van der Waals surface area contributed by atoms with Gasteiger partial charge in [0.25, 0.3) is 0 Å². The Labute approximate surface area is 176 Å². The van der Waals surface area contributed by atoms with Gasteiger partial charge in [-0.3, -0.25) is 0 Å². The summed E-state index contributed by atoms with van der Waals surface area (Å²) >= 11 is 1.68. The Morgan fingerprint density at radius 2 is 1.72 bits per heavy atom. The van der Waals surface area contributed by atoms with Crippen LogP contribution in [0.25, 0.3) is 10.2 Å². The molecule has 1 aromatic carbocycles. The molecule has 0 unspecified atom stereocenters. The van der Waals surface area contributed by atoms with E-state index < -0.39 is 10.0 Å². The zero-order chi connectivity index (χ0) is 20.6. The van der Waals surface area contributed by atoms with Crippen molar-refractivity contribution in [3.63, 3.8) is 0 Å². The highest BCUT2D eigenvalue weighted by Crippen LogP contribution is 2.34. The molecular weight excluding hydrogens is 404 g/mol. The Kier molecular flexibility index (Phi) is 5.59. The quantitative estimate of drug-likeness (QED) is 0.616. The summed E-state index contributed by atoms with van der Waals surface area (Å²) in [5, 5.41) is 1.10. The monoisotopic (exact) mass is 430 g/mol. The lowest BCUT2D eigenvalue weighted by Crippen LogP contribution is -2.49. The minimum Gasteiger partial charge on any atom is -0.353 e. The van der Waals surface area contributed by atoms with E-state index in [2.05, 4.69) is 35.6 Å². The Hall–Kier alpha value is -2.03. The fourth-order valence-corrected chi connectivity index (χ4v) is 6.22. The van der Waals surface area contributed by atoms with Gasteiger partial charge in [0, 0.05) is 31.1 Å². The number of hydrogen-bond donors (Lipinski definition) is 0. The van der Waals surface area contributed by atoms with Crippen molar-refractivity contribution in [1.82, 2.24) is 14.3 Å². The molecule has 29 heavy (non-hydrogen) atoms. The summed E-state index contributed by atoms with van der Waals surface area (Å²) in [6.45, 7) is 8.46. The maximum Gasteiger partial charge on any atom is 0.243 e. The van der Waals surface area contributed by atoms with Crippen molar-refractivity contribution in [1.29, 1.82) is 0 Å². The van der Waals surface area contributed by atoms with E-state index in [4.69, 9.17) is 0 Å². The van der Waals surface area contributed by atoms with E-state index in [0.717, 1.165) is 28.9 Å². The second-order valence-corrected chi connectivity index (χ2v) is 10.6. The van der Waals surface area contributed by atoms with Crippen molar-refractivity contribution < 1.29 is 8.42 Å². The van der Waals surface area contributed by atoms with E-state index in [1.165, 1.54) is 16.0 Å². The molecule has 6 nitrogen and oxygen atoms in total. The highest BCUT2D eigenvalue weighted by Gasteiger charge is 2.30. The zero-order valence-corrected chi connectivity index (χ0v) is 18.7. The maximum atomic E-state index is 13.1. The first-order chi connectivity index (χ1) is 13.9. The van der Waals surface area contributed by atoms with E-state index in [9.17, 15) is 8.42 Å². The van der Waals surface area contributed by atoms with Crippen molar-refractivity contribution in [2.45, 2.75) is 38.5 Å².